The van der Waals surface area contributed by atoms with Crippen molar-refractivity contribution in [2.24, 2.45) is 0 Å². The molecular formula is C12H18N4S. The summed E-state index contributed by atoms with van der Waals surface area (Å²) in [5.74, 6) is 0.827. The van der Waals surface area contributed by atoms with Crippen LogP contribution in [-0.4, -0.2) is 28.3 Å². The number of thioether (sulfide) groups is 1. The van der Waals surface area contributed by atoms with Gasteiger partial charge in [-0.1, -0.05) is 11.8 Å². The van der Waals surface area contributed by atoms with E-state index in [1.54, 1.807) is 18.8 Å². The molecule has 1 rings (SSSR count). The van der Waals surface area contributed by atoms with Gasteiger partial charge in [0.1, 0.15) is 5.54 Å². The molecule has 1 unspecified atom stereocenters. The van der Waals surface area contributed by atoms with E-state index in [2.05, 4.69) is 21.4 Å². The van der Waals surface area contributed by atoms with Crippen LogP contribution in [0.25, 0.3) is 0 Å². The lowest BCUT2D eigenvalue weighted by Crippen LogP contribution is -2.38. The highest BCUT2D eigenvalue weighted by Gasteiger charge is 2.20. The molecule has 1 heterocycles. The van der Waals surface area contributed by atoms with Crippen molar-refractivity contribution in [1.29, 1.82) is 5.26 Å². The molecule has 1 atom stereocenters. The van der Waals surface area contributed by atoms with Gasteiger partial charge in [-0.25, -0.2) is 9.97 Å². The highest BCUT2D eigenvalue weighted by atomic mass is 32.2. The zero-order chi connectivity index (χ0) is 12.9. The van der Waals surface area contributed by atoms with Crippen molar-refractivity contribution in [3.05, 3.63) is 17.5 Å². The van der Waals surface area contributed by atoms with E-state index in [9.17, 15) is 0 Å². The monoisotopic (exact) mass is 250 g/mol. The molecular weight excluding hydrogens is 232 g/mol. The van der Waals surface area contributed by atoms with Crippen molar-refractivity contribution >= 4 is 11.8 Å². The first-order valence-corrected chi connectivity index (χ1v) is 6.53. The molecule has 0 fully saturated rings. The van der Waals surface area contributed by atoms with Crippen LogP contribution in [0.2, 0.25) is 0 Å². The van der Waals surface area contributed by atoms with Crippen LogP contribution < -0.4 is 5.32 Å². The smallest absolute Gasteiger partial charge is 0.187 e. The largest absolute Gasteiger partial charge is 0.303 e. The first-order valence-electron chi connectivity index (χ1n) is 5.54. The average molecular weight is 250 g/mol. The van der Waals surface area contributed by atoms with E-state index < -0.39 is 5.54 Å². The molecule has 0 spiro atoms. The fourth-order valence-corrected chi connectivity index (χ4v) is 2.45. The third-order valence-corrected chi connectivity index (χ3v) is 3.44. The zero-order valence-corrected chi connectivity index (χ0v) is 11.6. The Balaban J connectivity index is 2.54. The molecule has 0 radical (unpaired) electrons. The minimum absolute atomic E-state index is 0.466. The van der Waals surface area contributed by atoms with Crippen LogP contribution in [0.15, 0.2) is 11.2 Å². The molecule has 0 aliphatic rings. The van der Waals surface area contributed by atoms with Gasteiger partial charge < -0.3 is 5.32 Å². The second-order valence-electron chi connectivity index (χ2n) is 4.23. The summed E-state index contributed by atoms with van der Waals surface area (Å²) in [6, 6.07) is 4.23. The molecule has 0 aliphatic heterocycles. The molecule has 1 N–H and O–H groups in total. The second-order valence-corrected chi connectivity index (χ2v) is 5.29. The zero-order valence-electron chi connectivity index (χ0n) is 10.7. The SMILES string of the molecule is CNC(C)(C#N)CCSc1nc(C)cc(C)n1. The van der Waals surface area contributed by atoms with Gasteiger partial charge in [0.25, 0.3) is 0 Å². The summed E-state index contributed by atoms with van der Waals surface area (Å²) in [4.78, 5) is 8.71. The van der Waals surface area contributed by atoms with Crippen LogP contribution in [0.1, 0.15) is 24.7 Å². The standard InChI is InChI=1S/C12H18N4S/c1-9-7-10(2)16-11(15-9)17-6-5-12(3,8-13)14-4/h7,14H,5-6H2,1-4H3. The van der Waals surface area contributed by atoms with Crippen molar-refractivity contribution in [2.75, 3.05) is 12.8 Å². The van der Waals surface area contributed by atoms with E-state index in [0.29, 0.717) is 0 Å². The number of rotatable bonds is 5. The van der Waals surface area contributed by atoms with E-state index in [1.165, 1.54) is 0 Å². The van der Waals surface area contributed by atoms with Gasteiger partial charge in [0.2, 0.25) is 0 Å². The fraction of sp³-hybridized carbons (Fsp3) is 0.583. The normalized spacial score (nSPS) is 14.1. The van der Waals surface area contributed by atoms with Crippen molar-refractivity contribution in [3.8, 4) is 6.07 Å². The second kappa shape index (κ2) is 5.99. The summed E-state index contributed by atoms with van der Waals surface area (Å²) in [5.41, 5.74) is 1.50. The average Bonchev–Trinajstić information content (AvgIpc) is 2.27. The Bertz CT molecular complexity index is 407. The van der Waals surface area contributed by atoms with E-state index in [1.807, 2.05) is 26.8 Å². The maximum atomic E-state index is 9.02. The van der Waals surface area contributed by atoms with Gasteiger partial charge in [0.15, 0.2) is 5.16 Å². The molecule has 92 valence electrons. The predicted octanol–water partition coefficient (Wildman–Crippen LogP) is 2.08. The number of nitrogens with one attached hydrogen (secondary N) is 1. The van der Waals surface area contributed by atoms with Gasteiger partial charge in [-0.15, -0.1) is 0 Å². The van der Waals surface area contributed by atoms with Crippen LogP contribution in [-0.2, 0) is 0 Å². The molecule has 0 bridgehead atoms. The number of hydrogen-bond donors (Lipinski definition) is 1. The quantitative estimate of drug-likeness (QED) is 0.640. The Hall–Kier alpha value is -1.12. The Morgan fingerprint density at radius 2 is 2.00 bits per heavy atom. The van der Waals surface area contributed by atoms with Crippen LogP contribution in [0.5, 0.6) is 0 Å². The molecule has 4 nitrogen and oxygen atoms in total. The molecule has 0 amide bonds. The van der Waals surface area contributed by atoms with Crippen LogP contribution in [0.4, 0.5) is 0 Å². The summed E-state index contributed by atoms with van der Waals surface area (Å²) in [6.07, 6.45) is 0.765. The molecule has 0 aromatic carbocycles. The van der Waals surface area contributed by atoms with Gasteiger partial charge in [0.05, 0.1) is 6.07 Å². The van der Waals surface area contributed by atoms with Crippen LogP contribution in [0, 0.1) is 25.2 Å². The summed E-state index contributed by atoms with van der Waals surface area (Å²) < 4.78 is 0. The maximum absolute atomic E-state index is 9.02. The third-order valence-electron chi connectivity index (χ3n) is 2.59. The Kier molecular flexibility index (Phi) is 4.91. The van der Waals surface area contributed by atoms with Gasteiger partial charge in [0, 0.05) is 17.1 Å². The molecule has 0 saturated carbocycles. The van der Waals surface area contributed by atoms with Crippen molar-refractivity contribution < 1.29 is 0 Å². The summed E-state index contributed by atoms with van der Waals surface area (Å²) >= 11 is 1.59. The Morgan fingerprint density at radius 3 is 2.47 bits per heavy atom. The number of nitriles is 1. The first kappa shape index (κ1) is 13.9. The number of aromatic nitrogens is 2. The van der Waals surface area contributed by atoms with Crippen molar-refractivity contribution in [1.82, 2.24) is 15.3 Å². The summed E-state index contributed by atoms with van der Waals surface area (Å²) in [5, 5.41) is 12.8. The number of nitrogens with zero attached hydrogens (tertiary/aromatic N) is 3. The van der Waals surface area contributed by atoms with E-state index in [4.69, 9.17) is 5.26 Å². The van der Waals surface area contributed by atoms with Gasteiger partial charge in [-0.3, -0.25) is 0 Å². The number of hydrogen-bond acceptors (Lipinski definition) is 5. The number of aryl methyl sites for hydroxylation is 2. The predicted molar refractivity (Wildman–Crippen MR) is 69.9 cm³/mol. The lowest BCUT2D eigenvalue weighted by atomic mass is 10.0. The van der Waals surface area contributed by atoms with Crippen LogP contribution >= 0.6 is 11.8 Å². The minimum Gasteiger partial charge on any atom is -0.303 e. The summed E-state index contributed by atoms with van der Waals surface area (Å²) in [7, 11) is 1.81. The minimum atomic E-state index is -0.466. The molecule has 1 aromatic heterocycles. The topological polar surface area (TPSA) is 61.6 Å². The molecule has 5 heteroatoms. The van der Waals surface area contributed by atoms with E-state index in [-0.39, 0.29) is 0 Å². The lowest BCUT2D eigenvalue weighted by molar-refractivity contribution is 0.479. The lowest BCUT2D eigenvalue weighted by Gasteiger charge is -2.19. The van der Waals surface area contributed by atoms with Crippen molar-refractivity contribution in [2.45, 2.75) is 37.9 Å². The molecule has 0 aliphatic carbocycles. The third kappa shape index (κ3) is 4.33. The Labute approximate surface area is 107 Å². The van der Waals surface area contributed by atoms with Crippen molar-refractivity contribution in [3.63, 3.8) is 0 Å². The van der Waals surface area contributed by atoms with Gasteiger partial charge in [-0.2, -0.15) is 5.26 Å². The summed E-state index contributed by atoms with van der Waals surface area (Å²) in [6.45, 7) is 5.83. The van der Waals surface area contributed by atoms with Crippen LogP contribution in [0.3, 0.4) is 0 Å². The maximum Gasteiger partial charge on any atom is 0.187 e. The van der Waals surface area contributed by atoms with E-state index >= 15 is 0 Å². The molecule has 1 aromatic rings. The van der Waals surface area contributed by atoms with Gasteiger partial charge >= 0.3 is 0 Å². The Morgan fingerprint density at radius 1 is 1.41 bits per heavy atom. The molecule has 17 heavy (non-hydrogen) atoms. The van der Waals surface area contributed by atoms with E-state index in [0.717, 1.165) is 28.7 Å². The van der Waals surface area contributed by atoms with Gasteiger partial charge in [-0.05, 0) is 40.3 Å². The fourth-order valence-electron chi connectivity index (χ4n) is 1.34. The highest BCUT2D eigenvalue weighted by molar-refractivity contribution is 7.99. The highest BCUT2D eigenvalue weighted by Crippen LogP contribution is 2.19. The first-order chi connectivity index (χ1) is 7.99. The molecule has 0 saturated heterocycles.